The zero-order valence-corrected chi connectivity index (χ0v) is 14.7. The molecule has 0 saturated carbocycles. The molecule has 0 aliphatic rings. The first-order valence-electron chi connectivity index (χ1n) is 8.02. The summed E-state index contributed by atoms with van der Waals surface area (Å²) in [6, 6.07) is 20.7. The summed E-state index contributed by atoms with van der Waals surface area (Å²) in [6.07, 6.45) is 0. The first-order chi connectivity index (χ1) is 12.7. The number of carbonyl (C=O) groups excluding carboxylic acids is 1. The average Bonchev–Trinajstić information content (AvgIpc) is 3.24. The highest BCUT2D eigenvalue weighted by molar-refractivity contribution is 7.20. The molecule has 5 nitrogen and oxygen atoms in total. The van der Waals surface area contributed by atoms with Crippen LogP contribution in [0.2, 0.25) is 0 Å². The molecule has 2 heterocycles. The van der Waals surface area contributed by atoms with Gasteiger partial charge in [-0.1, -0.05) is 30.3 Å². The smallest absolute Gasteiger partial charge is 0.265 e. The van der Waals surface area contributed by atoms with Crippen LogP contribution >= 0.6 is 11.3 Å². The van der Waals surface area contributed by atoms with Crippen LogP contribution in [0.15, 0.2) is 60.7 Å². The van der Waals surface area contributed by atoms with Crippen molar-refractivity contribution in [2.24, 2.45) is 0 Å². The molecule has 4 rings (SSSR count). The number of nitrogens with zero attached hydrogens (tertiary/aromatic N) is 3. The number of para-hydroxylation sites is 2. The van der Waals surface area contributed by atoms with Gasteiger partial charge in [0.05, 0.1) is 27.5 Å². The molecule has 0 atom stereocenters. The molecular formula is C20H14N4OS. The van der Waals surface area contributed by atoms with Crippen molar-refractivity contribution >= 4 is 33.1 Å². The molecule has 0 saturated heterocycles. The molecule has 0 aliphatic carbocycles. The molecule has 0 aliphatic heterocycles. The van der Waals surface area contributed by atoms with Crippen molar-refractivity contribution < 1.29 is 4.79 Å². The number of benzene rings is 2. The van der Waals surface area contributed by atoms with Crippen molar-refractivity contribution in [3.63, 3.8) is 0 Å². The fraction of sp³-hybridized carbons (Fsp3) is 0.0500. The van der Waals surface area contributed by atoms with Crippen LogP contribution in [-0.4, -0.2) is 15.7 Å². The van der Waals surface area contributed by atoms with E-state index in [0.717, 1.165) is 21.6 Å². The molecule has 2 aromatic heterocycles. The van der Waals surface area contributed by atoms with Gasteiger partial charge in [-0.2, -0.15) is 10.4 Å². The van der Waals surface area contributed by atoms with E-state index in [9.17, 15) is 10.1 Å². The standard InChI is InChI=1S/C20H14N4OS/c1-13-16-11-18(19(25)22-17-10-6-5-7-14(17)12-21)26-20(16)24(23-13)15-8-3-2-4-9-15/h2-11H,1H3,(H,22,25). The highest BCUT2D eigenvalue weighted by Crippen LogP contribution is 2.31. The van der Waals surface area contributed by atoms with Crippen LogP contribution in [0.1, 0.15) is 20.9 Å². The minimum atomic E-state index is -0.229. The second-order valence-corrected chi connectivity index (χ2v) is 6.80. The average molecular weight is 358 g/mol. The number of aryl methyl sites for hydroxylation is 1. The number of amides is 1. The predicted octanol–water partition coefficient (Wildman–Crippen LogP) is 4.52. The molecule has 0 spiro atoms. The Balaban J connectivity index is 1.72. The van der Waals surface area contributed by atoms with Gasteiger partial charge in [-0.25, -0.2) is 4.68 Å². The maximum atomic E-state index is 12.7. The van der Waals surface area contributed by atoms with Crippen LogP contribution in [-0.2, 0) is 0 Å². The van der Waals surface area contributed by atoms with E-state index in [1.165, 1.54) is 11.3 Å². The van der Waals surface area contributed by atoms with Crippen LogP contribution in [0, 0.1) is 18.3 Å². The summed E-state index contributed by atoms with van der Waals surface area (Å²) in [6.45, 7) is 1.93. The van der Waals surface area contributed by atoms with Crippen LogP contribution in [0.4, 0.5) is 5.69 Å². The minimum absolute atomic E-state index is 0.229. The third kappa shape index (κ3) is 2.75. The summed E-state index contributed by atoms with van der Waals surface area (Å²) in [5.41, 5.74) is 2.78. The highest BCUT2D eigenvalue weighted by Gasteiger charge is 2.17. The monoisotopic (exact) mass is 358 g/mol. The van der Waals surface area contributed by atoms with E-state index in [1.54, 1.807) is 24.3 Å². The third-order valence-electron chi connectivity index (χ3n) is 4.06. The highest BCUT2D eigenvalue weighted by atomic mass is 32.1. The van der Waals surface area contributed by atoms with Crippen molar-refractivity contribution in [3.8, 4) is 11.8 Å². The summed E-state index contributed by atoms with van der Waals surface area (Å²) in [5.74, 6) is -0.229. The topological polar surface area (TPSA) is 70.7 Å². The third-order valence-corrected chi connectivity index (χ3v) is 5.17. The molecule has 6 heteroatoms. The normalized spacial score (nSPS) is 10.6. The molecule has 0 radical (unpaired) electrons. The predicted molar refractivity (Wildman–Crippen MR) is 103 cm³/mol. The van der Waals surface area contributed by atoms with Gasteiger partial charge in [0, 0.05) is 5.39 Å². The number of fused-ring (bicyclic) bond motifs is 1. The number of rotatable bonds is 3. The quantitative estimate of drug-likeness (QED) is 0.585. The summed E-state index contributed by atoms with van der Waals surface area (Å²) < 4.78 is 1.86. The van der Waals surface area contributed by atoms with Gasteiger partial charge in [0.1, 0.15) is 10.9 Å². The SMILES string of the molecule is Cc1nn(-c2ccccc2)c2sc(C(=O)Nc3ccccc3C#N)cc12. The van der Waals surface area contributed by atoms with Crippen molar-refractivity contribution in [3.05, 3.63) is 76.8 Å². The van der Waals surface area contributed by atoms with E-state index in [1.807, 2.05) is 48.0 Å². The molecular weight excluding hydrogens is 344 g/mol. The first-order valence-corrected chi connectivity index (χ1v) is 8.84. The largest absolute Gasteiger partial charge is 0.320 e. The number of thiophene rings is 1. The Morgan fingerprint density at radius 1 is 1.15 bits per heavy atom. The van der Waals surface area contributed by atoms with E-state index < -0.39 is 0 Å². The molecule has 1 N–H and O–H groups in total. The molecule has 0 fully saturated rings. The van der Waals surface area contributed by atoms with Gasteiger partial charge in [-0.15, -0.1) is 11.3 Å². The van der Waals surface area contributed by atoms with Gasteiger partial charge >= 0.3 is 0 Å². The maximum Gasteiger partial charge on any atom is 0.265 e. The first kappa shape index (κ1) is 16.1. The Bertz CT molecular complexity index is 1150. The van der Waals surface area contributed by atoms with E-state index in [4.69, 9.17) is 0 Å². The van der Waals surface area contributed by atoms with Gasteiger partial charge in [0.15, 0.2) is 0 Å². The summed E-state index contributed by atoms with van der Waals surface area (Å²) in [4.78, 5) is 14.2. The van der Waals surface area contributed by atoms with Gasteiger partial charge in [0.25, 0.3) is 5.91 Å². The molecule has 2 aromatic carbocycles. The Labute approximate surface area is 154 Å². The fourth-order valence-corrected chi connectivity index (χ4v) is 3.85. The second kappa shape index (κ2) is 6.47. The number of nitriles is 1. The zero-order chi connectivity index (χ0) is 18.1. The van der Waals surface area contributed by atoms with E-state index >= 15 is 0 Å². The Morgan fingerprint density at radius 2 is 1.88 bits per heavy atom. The lowest BCUT2D eigenvalue weighted by molar-refractivity contribution is 0.103. The molecule has 0 unspecified atom stereocenters. The van der Waals surface area contributed by atoms with E-state index in [0.29, 0.717) is 16.1 Å². The Hall–Kier alpha value is -3.43. The summed E-state index contributed by atoms with van der Waals surface area (Å²) >= 11 is 1.39. The zero-order valence-electron chi connectivity index (χ0n) is 13.9. The van der Waals surface area contributed by atoms with Gasteiger partial charge in [-0.05, 0) is 37.3 Å². The molecule has 126 valence electrons. The van der Waals surface area contributed by atoms with E-state index in [-0.39, 0.29) is 5.91 Å². The number of hydrogen-bond donors (Lipinski definition) is 1. The second-order valence-electron chi connectivity index (χ2n) is 5.77. The van der Waals surface area contributed by atoms with Gasteiger partial charge < -0.3 is 5.32 Å². The molecule has 1 amide bonds. The summed E-state index contributed by atoms with van der Waals surface area (Å²) in [5, 5.41) is 17.5. The maximum absolute atomic E-state index is 12.7. The van der Waals surface area contributed by atoms with Gasteiger partial charge in [0.2, 0.25) is 0 Å². The van der Waals surface area contributed by atoms with Crippen LogP contribution in [0.25, 0.3) is 15.9 Å². The Morgan fingerprint density at radius 3 is 2.65 bits per heavy atom. The number of carbonyl (C=O) groups is 1. The van der Waals surface area contributed by atoms with Crippen molar-refractivity contribution in [2.75, 3.05) is 5.32 Å². The number of aromatic nitrogens is 2. The van der Waals surface area contributed by atoms with Crippen LogP contribution in [0.3, 0.4) is 0 Å². The van der Waals surface area contributed by atoms with Crippen LogP contribution in [0.5, 0.6) is 0 Å². The Kier molecular flexibility index (Phi) is 3.99. The minimum Gasteiger partial charge on any atom is -0.320 e. The number of hydrogen-bond acceptors (Lipinski definition) is 4. The lowest BCUT2D eigenvalue weighted by Gasteiger charge is -2.05. The van der Waals surface area contributed by atoms with Crippen molar-refractivity contribution in [2.45, 2.75) is 6.92 Å². The molecule has 26 heavy (non-hydrogen) atoms. The lowest BCUT2D eigenvalue weighted by Crippen LogP contribution is -2.11. The molecule has 0 bridgehead atoms. The fourth-order valence-electron chi connectivity index (χ4n) is 2.78. The van der Waals surface area contributed by atoms with E-state index in [2.05, 4.69) is 16.5 Å². The molecule has 4 aromatic rings. The van der Waals surface area contributed by atoms with Crippen LogP contribution < -0.4 is 5.32 Å². The number of nitrogens with one attached hydrogen (secondary N) is 1. The van der Waals surface area contributed by atoms with Crippen molar-refractivity contribution in [1.82, 2.24) is 9.78 Å². The summed E-state index contributed by atoms with van der Waals surface area (Å²) in [7, 11) is 0. The number of anilines is 1. The lowest BCUT2D eigenvalue weighted by atomic mass is 10.2. The van der Waals surface area contributed by atoms with Crippen molar-refractivity contribution in [1.29, 1.82) is 5.26 Å². The van der Waals surface area contributed by atoms with Gasteiger partial charge in [-0.3, -0.25) is 4.79 Å².